The monoisotopic (exact) mass is 352 g/mol. The van der Waals surface area contributed by atoms with E-state index in [2.05, 4.69) is 40.0 Å². The Morgan fingerprint density at radius 3 is 2.95 bits per heavy atom. The highest BCUT2D eigenvalue weighted by Gasteiger charge is 2.45. The molecule has 0 bridgehead atoms. The fraction of sp³-hybridized carbons (Fsp3) is 0.647. The molecule has 0 radical (unpaired) electrons. The summed E-state index contributed by atoms with van der Waals surface area (Å²) in [6.07, 6.45) is 2.78. The van der Waals surface area contributed by atoms with Crippen LogP contribution in [-0.4, -0.2) is 42.7 Å². The molecule has 2 fully saturated rings. The van der Waals surface area contributed by atoms with Crippen LogP contribution in [0.2, 0.25) is 0 Å². The van der Waals surface area contributed by atoms with Gasteiger partial charge in [0.2, 0.25) is 0 Å². The highest BCUT2D eigenvalue weighted by atomic mass is 79.9. The average molecular weight is 353 g/mol. The van der Waals surface area contributed by atoms with Gasteiger partial charge in [-0.05, 0) is 50.8 Å². The molecule has 3 rings (SSSR count). The van der Waals surface area contributed by atoms with Crippen molar-refractivity contribution >= 4 is 15.9 Å². The number of nitrogens with zero attached hydrogens (tertiary/aromatic N) is 1. The second-order valence-corrected chi connectivity index (χ2v) is 7.61. The van der Waals surface area contributed by atoms with Crippen LogP contribution in [0, 0.1) is 5.92 Å². The molecular formula is C17H25BrN2O. The van der Waals surface area contributed by atoms with Gasteiger partial charge >= 0.3 is 0 Å². The van der Waals surface area contributed by atoms with Crippen molar-refractivity contribution in [1.29, 1.82) is 0 Å². The van der Waals surface area contributed by atoms with Gasteiger partial charge in [0.15, 0.2) is 0 Å². The molecule has 2 aliphatic rings. The normalized spacial score (nSPS) is 30.3. The Kier molecular flexibility index (Phi) is 4.57. The predicted octanol–water partition coefficient (Wildman–Crippen LogP) is 3.29. The summed E-state index contributed by atoms with van der Waals surface area (Å²) < 4.78 is 6.96. The van der Waals surface area contributed by atoms with Crippen molar-refractivity contribution in [2.75, 3.05) is 26.2 Å². The van der Waals surface area contributed by atoms with E-state index >= 15 is 0 Å². The lowest BCUT2D eigenvalue weighted by Crippen LogP contribution is -2.63. The third-order valence-electron chi connectivity index (χ3n) is 4.88. The quantitative estimate of drug-likeness (QED) is 0.879. The number of nitrogens with one attached hydrogen (secondary N) is 1. The van der Waals surface area contributed by atoms with Crippen LogP contribution in [0.4, 0.5) is 0 Å². The molecule has 2 unspecified atom stereocenters. The Balaban J connectivity index is 1.51. The van der Waals surface area contributed by atoms with Crippen molar-refractivity contribution in [3.05, 3.63) is 28.7 Å². The first-order chi connectivity index (χ1) is 10.1. The zero-order chi connectivity index (χ0) is 14.9. The van der Waals surface area contributed by atoms with E-state index in [-0.39, 0.29) is 0 Å². The Bertz CT molecular complexity index is 491. The Morgan fingerprint density at radius 1 is 1.43 bits per heavy atom. The van der Waals surface area contributed by atoms with Crippen LogP contribution in [0.25, 0.3) is 0 Å². The maximum atomic E-state index is 5.89. The van der Waals surface area contributed by atoms with Gasteiger partial charge in [-0.1, -0.05) is 22.0 Å². The highest BCUT2D eigenvalue weighted by molar-refractivity contribution is 9.10. The number of rotatable bonds is 5. The van der Waals surface area contributed by atoms with E-state index in [1.807, 2.05) is 24.3 Å². The SMILES string of the molecule is CC1CNC(C)(C2CC2)CN1CCOc1cccc(Br)c1. The molecule has 2 atom stereocenters. The van der Waals surface area contributed by atoms with E-state index in [4.69, 9.17) is 4.74 Å². The molecule has 1 heterocycles. The molecule has 1 aromatic carbocycles. The van der Waals surface area contributed by atoms with Crippen LogP contribution < -0.4 is 10.1 Å². The Morgan fingerprint density at radius 2 is 2.24 bits per heavy atom. The maximum Gasteiger partial charge on any atom is 0.120 e. The summed E-state index contributed by atoms with van der Waals surface area (Å²) in [4.78, 5) is 2.58. The third kappa shape index (κ3) is 3.79. The summed E-state index contributed by atoms with van der Waals surface area (Å²) in [7, 11) is 0. The molecule has 1 N–H and O–H groups in total. The molecule has 1 aliphatic carbocycles. The molecule has 21 heavy (non-hydrogen) atoms. The first kappa shape index (κ1) is 15.3. The molecular weight excluding hydrogens is 328 g/mol. The first-order valence-corrected chi connectivity index (χ1v) is 8.73. The number of benzene rings is 1. The molecule has 0 aromatic heterocycles. The summed E-state index contributed by atoms with van der Waals surface area (Å²) >= 11 is 3.48. The van der Waals surface area contributed by atoms with Gasteiger partial charge in [0.25, 0.3) is 0 Å². The van der Waals surface area contributed by atoms with E-state index in [1.165, 1.54) is 12.8 Å². The third-order valence-corrected chi connectivity index (χ3v) is 5.37. The second kappa shape index (κ2) is 6.27. The van der Waals surface area contributed by atoms with Crippen molar-refractivity contribution in [2.24, 2.45) is 5.92 Å². The van der Waals surface area contributed by atoms with E-state index < -0.39 is 0 Å². The van der Waals surface area contributed by atoms with Crippen molar-refractivity contribution in [1.82, 2.24) is 10.2 Å². The molecule has 0 amide bonds. The number of hydrogen-bond acceptors (Lipinski definition) is 3. The van der Waals surface area contributed by atoms with Crippen LogP contribution in [0.15, 0.2) is 28.7 Å². The molecule has 1 saturated carbocycles. The zero-order valence-electron chi connectivity index (χ0n) is 12.9. The van der Waals surface area contributed by atoms with Crippen molar-refractivity contribution in [2.45, 2.75) is 38.3 Å². The molecule has 1 aliphatic heterocycles. The van der Waals surface area contributed by atoms with E-state index in [0.717, 1.165) is 42.4 Å². The number of piperazine rings is 1. The molecule has 0 spiro atoms. The van der Waals surface area contributed by atoms with Gasteiger partial charge in [-0.3, -0.25) is 4.90 Å². The van der Waals surface area contributed by atoms with Crippen molar-refractivity contribution in [3.8, 4) is 5.75 Å². The van der Waals surface area contributed by atoms with Crippen LogP contribution >= 0.6 is 15.9 Å². The minimum absolute atomic E-state index is 0.308. The predicted molar refractivity (Wildman–Crippen MR) is 89.8 cm³/mol. The largest absolute Gasteiger partial charge is 0.492 e. The van der Waals surface area contributed by atoms with Gasteiger partial charge < -0.3 is 10.1 Å². The van der Waals surface area contributed by atoms with Crippen LogP contribution in [0.3, 0.4) is 0 Å². The number of ether oxygens (including phenoxy) is 1. The first-order valence-electron chi connectivity index (χ1n) is 7.94. The fourth-order valence-corrected chi connectivity index (χ4v) is 3.65. The standard InChI is InChI=1S/C17H25BrN2O/c1-13-11-19-17(2,14-6-7-14)12-20(13)8-9-21-16-5-3-4-15(18)10-16/h3-5,10,13-14,19H,6-9,11-12H2,1-2H3. The average Bonchev–Trinajstić information content (AvgIpc) is 3.28. The lowest BCUT2D eigenvalue weighted by molar-refractivity contribution is 0.0707. The molecule has 1 saturated heterocycles. The van der Waals surface area contributed by atoms with Crippen molar-refractivity contribution < 1.29 is 4.74 Å². The minimum Gasteiger partial charge on any atom is -0.492 e. The van der Waals surface area contributed by atoms with Gasteiger partial charge in [-0.15, -0.1) is 0 Å². The summed E-state index contributed by atoms with van der Waals surface area (Å²) in [5, 5.41) is 3.76. The van der Waals surface area contributed by atoms with E-state index in [1.54, 1.807) is 0 Å². The van der Waals surface area contributed by atoms with Gasteiger partial charge in [-0.2, -0.15) is 0 Å². The molecule has 4 heteroatoms. The van der Waals surface area contributed by atoms with E-state index in [9.17, 15) is 0 Å². The number of halogens is 1. The van der Waals surface area contributed by atoms with Gasteiger partial charge in [0.05, 0.1) is 0 Å². The highest BCUT2D eigenvalue weighted by Crippen LogP contribution is 2.41. The lowest BCUT2D eigenvalue weighted by atomic mass is 9.91. The maximum absolute atomic E-state index is 5.89. The second-order valence-electron chi connectivity index (χ2n) is 6.70. The van der Waals surface area contributed by atoms with Crippen LogP contribution in [-0.2, 0) is 0 Å². The molecule has 3 nitrogen and oxygen atoms in total. The zero-order valence-corrected chi connectivity index (χ0v) is 14.5. The summed E-state index contributed by atoms with van der Waals surface area (Å²) in [5.41, 5.74) is 0.308. The van der Waals surface area contributed by atoms with Gasteiger partial charge in [-0.25, -0.2) is 0 Å². The summed E-state index contributed by atoms with van der Waals surface area (Å²) in [6.45, 7) is 8.67. The van der Waals surface area contributed by atoms with Crippen LogP contribution in [0.1, 0.15) is 26.7 Å². The minimum atomic E-state index is 0.308. The smallest absolute Gasteiger partial charge is 0.120 e. The van der Waals surface area contributed by atoms with Crippen molar-refractivity contribution in [3.63, 3.8) is 0 Å². The van der Waals surface area contributed by atoms with E-state index in [0.29, 0.717) is 11.6 Å². The molecule has 116 valence electrons. The van der Waals surface area contributed by atoms with Gasteiger partial charge in [0.1, 0.15) is 12.4 Å². The fourth-order valence-electron chi connectivity index (χ4n) is 3.27. The topological polar surface area (TPSA) is 24.5 Å². The lowest BCUT2D eigenvalue weighted by Gasteiger charge is -2.45. The Hall–Kier alpha value is -0.580. The van der Waals surface area contributed by atoms with Gasteiger partial charge in [0, 0.05) is 35.7 Å². The summed E-state index contributed by atoms with van der Waals surface area (Å²) in [5.74, 6) is 1.82. The molecule has 1 aromatic rings. The number of hydrogen-bond donors (Lipinski definition) is 1. The Labute approximate surface area is 136 Å². The summed E-state index contributed by atoms with van der Waals surface area (Å²) in [6, 6.07) is 8.65. The van der Waals surface area contributed by atoms with Crippen LogP contribution in [0.5, 0.6) is 5.75 Å².